The van der Waals surface area contributed by atoms with Gasteiger partial charge in [0.25, 0.3) is 5.91 Å². The van der Waals surface area contributed by atoms with E-state index in [1.54, 1.807) is 6.92 Å². The predicted molar refractivity (Wildman–Crippen MR) is 110 cm³/mol. The van der Waals surface area contributed by atoms with Gasteiger partial charge in [-0.15, -0.1) is 0 Å². The van der Waals surface area contributed by atoms with Crippen LogP contribution in [0.1, 0.15) is 36.9 Å². The molecule has 1 aliphatic carbocycles. The van der Waals surface area contributed by atoms with Crippen LogP contribution >= 0.6 is 0 Å². The molecular formula is C20H18F2N8O2. The van der Waals surface area contributed by atoms with Crippen molar-refractivity contribution in [2.45, 2.75) is 31.8 Å². The van der Waals surface area contributed by atoms with E-state index in [0.717, 1.165) is 25.0 Å². The van der Waals surface area contributed by atoms with E-state index < -0.39 is 29.6 Å². The lowest BCUT2D eigenvalue weighted by Crippen LogP contribution is -2.22. The van der Waals surface area contributed by atoms with Crippen molar-refractivity contribution in [3.8, 4) is 0 Å². The second-order valence-electron chi connectivity index (χ2n) is 7.63. The number of amides is 3. The van der Waals surface area contributed by atoms with Crippen LogP contribution in [-0.2, 0) is 4.79 Å². The molecule has 2 fully saturated rings. The van der Waals surface area contributed by atoms with Gasteiger partial charge >= 0.3 is 6.03 Å². The highest BCUT2D eigenvalue weighted by Gasteiger charge is 2.26. The molecule has 2 aliphatic rings. The smallest absolute Gasteiger partial charge is 0.326 e. The lowest BCUT2D eigenvalue weighted by atomic mass is 10.1. The highest BCUT2D eigenvalue weighted by atomic mass is 19.2. The Balaban J connectivity index is 1.52. The minimum absolute atomic E-state index is 0.0740. The molecule has 3 aromatic rings. The Kier molecular flexibility index (Phi) is 4.68. The van der Waals surface area contributed by atoms with E-state index in [1.807, 2.05) is 0 Å². The molecule has 1 saturated carbocycles. The summed E-state index contributed by atoms with van der Waals surface area (Å²) in [5.74, 6) is -1.73. The molecule has 5 rings (SSSR count). The van der Waals surface area contributed by atoms with Crippen LogP contribution in [-0.4, -0.2) is 37.6 Å². The van der Waals surface area contributed by atoms with E-state index in [1.165, 1.54) is 22.9 Å². The molecule has 2 aromatic heterocycles. The maximum Gasteiger partial charge on any atom is 0.326 e. The highest BCUT2D eigenvalue weighted by molar-refractivity contribution is 6.14. The number of halogens is 2. The van der Waals surface area contributed by atoms with Crippen LogP contribution in [0.25, 0.3) is 11.7 Å². The lowest BCUT2D eigenvalue weighted by molar-refractivity contribution is -0.115. The molecule has 0 spiro atoms. The molecule has 32 heavy (non-hydrogen) atoms. The second-order valence-corrected chi connectivity index (χ2v) is 7.63. The molecule has 1 unspecified atom stereocenters. The maximum absolute atomic E-state index is 13.6. The number of urea groups is 1. The number of imide groups is 1. The monoisotopic (exact) mass is 440 g/mol. The zero-order chi connectivity index (χ0) is 22.4. The first-order valence-electron chi connectivity index (χ1n) is 9.95. The summed E-state index contributed by atoms with van der Waals surface area (Å²) in [5, 5.41) is 15.2. The number of rotatable bonds is 6. The molecule has 3 heterocycles. The van der Waals surface area contributed by atoms with Crippen LogP contribution in [0, 0.1) is 11.6 Å². The summed E-state index contributed by atoms with van der Waals surface area (Å²) in [6.07, 6.45) is 4.99. The van der Waals surface area contributed by atoms with Gasteiger partial charge in [-0.2, -0.15) is 19.6 Å². The van der Waals surface area contributed by atoms with Gasteiger partial charge in [0.2, 0.25) is 11.9 Å². The van der Waals surface area contributed by atoms with Crippen LogP contribution in [0.2, 0.25) is 0 Å². The first-order chi connectivity index (χ1) is 15.4. The van der Waals surface area contributed by atoms with E-state index in [2.05, 4.69) is 36.3 Å². The number of fused-ring (bicyclic) bond motifs is 1. The summed E-state index contributed by atoms with van der Waals surface area (Å²) in [5.41, 5.74) is 1.47. The Labute approximate surface area is 180 Å². The summed E-state index contributed by atoms with van der Waals surface area (Å²) in [7, 11) is 0. The zero-order valence-corrected chi connectivity index (χ0v) is 16.8. The Morgan fingerprint density at radius 1 is 1.19 bits per heavy atom. The third-order valence-electron chi connectivity index (χ3n) is 5.11. The van der Waals surface area contributed by atoms with Crippen LogP contribution in [0.5, 0.6) is 0 Å². The number of aromatic nitrogens is 4. The zero-order valence-electron chi connectivity index (χ0n) is 16.8. The average Bonchev–Trinajstić information content (AvgIpc) is 3.38. The first kappa shape index (κ1) is 19.8. The Hall–Kier alpha value is -4.09. The quantitative estimate of drug-likeness (QED) is 0.342. The number of hydrogen-bond acceptors (Lipinski definition) is 7. The lowest BCUT2D eigenvalue weighted by Gasteiger charge is -2.16. The maximum atomic E-state index is 13.6. The van der Waals surface area contributed by atoms with Crippen molar-refractivity contribution >= 4 is 35.6 Å². The molecule has 4 N–H and O–H groups in total. The first-order valence-corrected chi connectivity index (χ1v) is 9.95. The molecule has 0 bridgehead atoms. The van der Waals surface area contributed by atoms with Crippen molar-refractivity contribution in [1.29, 1.82) is 0 Å². The SMILES string of the molecule is CC(Nc1nc(NC2CC2)n2ncc(/C=C3\NC(=O)NC3=O)c2n1)c1ccc(F)c(F)c1. The van der Waals surface area contributed by atoms with E-state index in [9.17, 15) is 18.4 Å². The van der Waals surface area contributed by atoms with Gasteiger partial charge in [-0.1, -0.05) is 6.07 Å². The fourth-order valence-electron chi connectivity index (χ4n) is 3.26. The normalized spacial score (nSPS) is 18.0. The molecule has 12 heteroatoms. The standard InChI is InChI=1S/C20H18F2N8O2/c1-9(10-2-5-13(21)14(22)6-10)24-18-27-16-11(7-15-17(31)28-20(32)26-15)8-23-30(16)19(29-18)25-12-3-4-12/h2,5-9,12H,3-4H2,1H3,(H2,24,25,27,29)(H2,26,28,31,32)/b15-7-. The van der Waals surface area contributed by atoms with E-state index in [-0.39, 0.29) is 17.7 Å². The largest absolute Gasteiger partial charge is 0.351 e. The molecule has 164 valence electrons. The predicted octanol–water partition coefficient (Wildman–Crippen LogP) is 2.33. The Bertz CT molecular complexity index is 1280. The van der Waals surface area contributed by atoms with Crippen molar-refractivity contribution in [3.63, 3.8) is 0 Å². The van der Waals surface area contributed by atoms with Gasteiger partial charge in [0.05, 0.1) is 12.2 Å². The third kappa shape index (κ3) is 3.82. The van der Waals surface area contributed by atoms with Gasteiger partial charge in [-0.3, -0.25) is 10.1 Å². The van der Waals surface area contributed by atoms with Gasteiger partial charge in [-0.05, 0) is 43.5 Å². The van der Waals surface area contributed by atoms with Crippen LogP contribution in [0.4, 0.5) is 25.5 Å². The molecule has 1 saturated heterocycles. The molecule has 3 amide bonds. The third-order valence-corrected chi connectivity index (χ3v) is 5.11. The number of nitrogens with one attached hydrogen (secondary N) is 4. The average molecular weight is 440 g/mol. The summed E-state index contributed by atoms with van der Waals surface area (Å²) < 4.78 is 28.4. The van der Waals surface area contributed by atoms with E-state index in [0.29, 0.717) is 22.7 Å². The van der Waals surface area contributed by atoms with E-state index in [4.69, 9.17) is 0 Å². The fourth-order valence-corrected chi connectivity index (χ4v) is 3.26. The number of benzene rings is 1. The highest BCUT2D eigenvalue weighted by Crippen LogP contribution is 2.27. The number of nitrogens with zero attached hydrogens (tertiary/aromatic N) is 4. The molecule has 1 atom stereocenters. The molecule has 10 nitrogen and oxygen atoms in total. The summed E-state index contributed by atoms with van der Waals surface area (Å²) >= 11 is 0. The van der Waals surface area contributed by atoms with Crippen LogP contribution in [0.15, 0.2) is 30.1 Å². The van der Waals surface area contributed by atoms with Gasteiger partial charge < -0.3 is 16.0 Å². The topological polar surface area (TPSA) is 125 Å². The van der Waals surface area contributed by atoms with Crippen molar-refractivity contribution in [1.82, 2.24) is 30.2 Å². The number of hydrogen-bond donors (Lipinski definition) is 4. The van der Waals surface area contributed by atoms with E-state index >= 15 is 0 Å². The minimum atomic E-state index is -0.940. The van der Waals surface area contributed by atoms with Crippen molar-refractivity contribution in [2.75, 3.05) is 10.6 Å². The van der Waals surface area contributed by atoms with Crippen LogP contribution in [0.3, 0.4) is 0 Å². The minimum Gasteiger partial charge on any atom is -0.351 e. The van der Waals surface area contributed by atoms with Crippen LogP contribution < -0.4 is 21.3 Å². The molecular weight excluding hydrogens is 422 g/mol. The Morgan fingerprint density at radius 2 is 2.00 bits per heavy atom. The van der Waals surface area contributed by atoms with Gasteiger partial charge in [0, 0.05) is 11.6 Å². The summed E-state index contributed by atoms with van der Waals surface area (Å²) in [6, 6.07) is 2.90. The van der Waals surface area contributed by atoms with Gasteiger partial charge in [-0.25, -0.2) is 13.6 Å². The summed E-state index contributed by atoms with van der Waals surface area (Å²) in [6.45, 7) is 1.77. The van der Waals surface area contributed by atoms with Crippen molar-refractivity contribution in [3.05, 3.63) is 52.9 Å². The van der Waals surface area contributed by atoms with Crippen molar-refractivity contribution < 1.29 is 18.4 Å². The number of carbonyl (C=O) groups excluding carboxylic acids is 2. The summed E-state index contributed by atoms with van der Waals surface area (Å²) in [4.78, 5) is 32.3. The fraction of sp³-hybridized carbons (Fsp3) is 0.250. The molecule has 0 radical (unpaired) electrons. The molecule has 1 aliphatic heterocycles. The van der Waals surface area contributed by atoms with Gasteiger partial charge in [0.1, 0.15) is 5.70 Å². The number of carbonyl (C=O) groups is 2. The number of anilines is 2. The Morgan fingerprint density at radius 3 is 2.69 bits per heavy atom. The second kappa shape index (κ2) is 7.55. The van der Waals surface area contributed by atoms with Gasteiger partial charge in [0.15, 0.2) is 17.3 Å². The van der Waals surface area contributed by atoms with Crippen molar-refractivity contribution in [2.24, 2.45) is 0 Å². The molecule has 1 aromatic carbocycles.